The van der Waals surface area contributed by atoms with E-state index in [1.54, 1.807) is 13.1 Å². The maximum Gasteiger partial charge on any atom is 0.416 e. The van der Waals surface area contributed by atoms with Crippen LogP contribution in [0.25, 0.3) is 11.3 Å². The van der Waals surface area contributed by atoms with Gasteiger partial charge < -0.3 is 11.1 Å². The van der Waals surface area contributed by atoms with Gasteiger partial charge in [0.1, 0.15) is 5.69 Å². The summed E-state index contributed by atoms with van der Waals surface area (Å²) in [6.07, 6.45) is -4.51. The lowest BCUT2D eigenvalue weighted by Gasteiger charge is -2.19. The van der Waals surface area contributed by atoms with Crippen molar-refractivity contribution in [3.8, 4) is 11.3 Å². The smallest absolute Gasteiger partial charge is 0.347 e. The fourth-order valence-electron chi connectivity index (χ4n) is 3.14. The second-order valence-corrected chi connectivity index (χ2v) is 8.31. The lowest BCUT2D eigenvalue weighted by Crippen LogP contribution is -2.41. The normalized spacial score (nSPS) is 12.8. The molecule has 2 heterocycles. The van der Waals surface area contributed by atoms with Crippen molar-refractivity contribution in [1.82, 2.24) is 20.3 Å². The zero-order valence-corrected chi connectivity index (χ0v) is 17.7. The van der Waals surface area contributed by atoms with Crippen LogP contribution < -0.4 is 11.1 Å². The van der Waals surface area contributed by atoms with E-state index in [2.05, 4.69) is 15.6 Å². The second kappa shape index (κ2) is 8.75. The third-order valence-corrected chi connectivity index (χ3v) is 5.90. The van der Waals surface area contributed by atoms with Crippen LogP contribution in [-0.4, -0.2) is 33.5 Å². The highest BCUT2D eigenvalue weighted by Gasteiger charge is 2.33. The number of hydrogen-bond donors (Lipinski definition) is 2. The van der Waals surface area contributed by atoms with Crippen molar-refractivity contribution in [3.05, 3.63) is 56.4 Å². The minimum absolute atomic E-state index is 0.00732. The highest BCUT2D eigenvalue weighted by atomic mass is 35.5. The van der Waals surface area contributed by atoms with Crippen molar-refractivity contribution in [3.63, 3.8) is 0 Å². The fraction of sp³-hybridized carbons (Fsp3) is 0.316. The molecule has 1 atom stereocenters. The number of alkyl halides is 3. The molecule has 6 nitrogen and oxygen atoms in total. The molecule has 2 aromatic heterocycles. The standard InChI is InChI=1S/C19H19ClF3N5OS/c1-10-13(16-17(20)26-27-28(16)2)8-15(30-10)18(29)25-12(9-24)7-11-5-3-4-6-14(11)19(21,22)23/h3-6,8,12H,7,9,24H2,1-2H3,(H,25,29)/t12-/m0/s1. The number of nitrogens with zero attached hydrogens (tertiary/aromatic N) is 3. The van der Waals surface area contributed by atoms with Crippen LogP contribution in [-0.2, 0) is 19.6 Å². The van der Waals surface area contributed by atoms with Gasteiger partial charge in [0.25, 0.3) is 5.91 Å². The van der Waals surface area contributed by atoms with Crippen LogP contribution >= 0.6 is 22.9 Å². The van der Waals surface area contributed by atoms with Gasteiger partial charge in [0.2, 0.25) is 0 Å². The molecule has 0 bridgehead atoms. The van der Waals surface area contributed by atoms with Gasteiger partial charge in [-0.2, -0.15) is 13.2 Å². The Labute approximate surface area is 179 Å². The predicted octanol–water partition coefficient (Wildman–Crippen LogP) is 3.82. The van der Waals surface area contributed by atoms with E-state index >= 15 is 0 Å². The van der Waals surface area contributed by atoms with E-state index in [4.69, 9.17) is 17.3 Å². The van der Waals surface area contributed by atoms with Crippen LogP contribution in [0.15, 0.2) is 30.3 Å². The third kappa shape index (κ3) is 4.66. The molecule has 1 aromatic carbocycles. The number of rotatable bonds is 6. The molecule has 11 heteroatoms. The molecular formula is C19H19ClF3N5OS. The Morgan fingerprint density at radius 2 is 2.07 bits per heavy atom. The van der Waals surface area contributed by atoms with Crippen LogP contribution in [0, 0.1) is 6.92 Å². The molecule has 0 aliphatic carbocycles. The van der Waals surface area contributed by atoms with E-state index in [0.29, 0.717) is 10.6 Å². The molecule has 160 valence electrons. The summed E-state index contributed by atoms with van der Waals surface area (Å²) >= 11 is 7.33. The molecule has 0 fully saturated rings. The van der Waals surface area contributed by atoms with Crippen LogP contribution in [0.3, 0.4) is 0 Å². The summed E-state index contributed by atoms with van der Waals surface area (Å²) in [5.74, 6) is -0.416. The van der Waals surface area contributed by atoms with E-state index in [-0.39, 0.29) is 23.7 Å². The highest BCUT2D eigenvalue weighted by molar-refractivity contribution is 7.14. The van der Waals surface area contributed by atoms with Gasteiger partial charge in [0.05, 0.1) is 10.4 Å². The van der Waals surface area contributed by atoms with E-state index in [1.807, 2.05) is 6.92 Å². The van der Waals surface area contributed by atoms with E-state index in [1.165, 1.54) is 34.2 Å². The molecule has 0 spiro atoms. The van der Waals surface area contributed by atoms with Crippen molar-refractivity contribution in [2.75, 3.05) is 6.54 Å². The van der Waals surface area contributed by atoms with Crippen LogP contribution in [0.5, 0.6) is 0 Å². The summed E-state index contributed by atoms with van der Waals surface area (Å²) in [4.78, 5) is 14.0. The van der Waals surface area contributed by atoms with Gasteiger partial charge in [-0.1, -0.05) is 35.0 Å². The predicted molar refractivity (Wildman–Crippen MR) is 110 cm³/mol. The monoisotopic (exact) mass is 457 g/mol. The Balaban J connectivity index is 1.80. The summed E-state index contributed by atoms with van der Waals surface area (Å²) in [5.41, 5.74) is 6.38. The van der Waals surface area contributed by atoms with Gasteiger partial charge in [-0.05, 0) is 31.0 Å². The largest absolute Gasteiger partial charge is 0.416 e. The summed E-state index contributed by atoms with van der Waals surface area (Å²) in [5, 5.41) is 10.6. The number of hydrogen-bond acceptors (Lipinski definition) is 5. The first-order chi connectivity index (χ1) is 14.1. The average Bonchev–Trinajstić information content (AvgIpc) is 3.22. The van der Waals surface area contributed by atoms with Crippen molar-refractivity contribution in [2.24, 2.45) is 12.8 Å². The Morgan fingerprint density at radius 1 is 1.37 bits per heavy atom. The zero-order valence-electron chi connectivity index (χ0n) is 16.1. The second-order valence-electron chi connectivity index (χ2n) is 6.70. The Hall–Kier alpha value is -2.43. The van der Waals surface area contributed by atoms with Crippen LogP contribution in [0.1, 0.15) is 25.7 Å². The van der Waals surface area contributed by atoms with Gasteiger partial charge in [-0.25, -0.2) is 4.68 Å². The van der Waals surface area contributed by atoms with E-state index < -0.39 is 23.7 Å². The fourth-order valence-corrected chi connectivity index (χ4v) is 4.32. The van der Waals surface area contributed by atoms with Gasteiger partial charge in [-0.3, -0.25) is 4.79 Å². The maximum absolute atomic E-state index is 13.2. The number of aromatic nitrogens is 3. The number of carbonyl (C=O) groups is 1. The molecule has 30 heavy (non-hydrogen) atoms. The molecule has 3 rings (SSSR count). The summed E-state index contributed by atoms with van der Waals surface area (Å²) in [6.45, 7) is 1.83. The van der Waals surface area contributed by atoms with Crippen molar-refractivity contribution in [1.29, 1.82) is 0 Å². The molecule has 0 aliphatic rings. The third-order valence-electron chi connectivity index (χ3n) is 4.59. The lowest BCUT2D eigenvalue weighted by atomic mass is 9.99. The molecule has 3 aromatic rings. The average molecular weight is 458 g/mol. The number of amides is 1. The maximum atomic E-state index is 13.2. The Bertz CT molecular complexity index is 1040. The molecule has 0 saturated carbocycles. The van der Waals surface area contributed by atoms with Crippen molar-refractivity contribution >= 4 is 28.8 Å². The minimum atomic E-state index is -4.48. The minimum Gasteiger partial charge on any atom is -0.347 e. The molecular weight excluding hydrogens is 439 g/mol. The van der Waals surface area contributed by atoms with E-state index in [0.717, 1.165) is 16.5 Å². The number of thiophene rings is 1. The number of nitrogens with two attached hydrogens (primary N) is 1. The summed E-state index contributed by atoms with van der Waals surface area (Å²) in [6, 6.07) is 6.27. The zero-order chi connectivity index (χ0) is 22.1. The SMILES string of the molecule is Cc1sc(C(=O)N[C@H](CN)Cc2ccccc2C(F)(F)F)cc1-c1c(Cl)nnn1C. The molecule has 1 amide bonds. The first-order valence-electron chi connectivity index (χ1n) is 8.93. The first kappa shape index (κ1) is 22.3. The number of aryl methyl sites for hydroxylation is 2. The quantitative estimate of drug-likeness (QED) is 0.589. The summed E-state index contributed by atoms with van der Waals surface area (Å²) < 4.78 is 41.2. The topological polar surface area (TPSA) is 85.8 Å². The van der Waals surface area contributed by atoms with E-state index in [9.17, 15) is 18.0 Å². The lowest BCUT2D eigenvalue weighted by molar-refractivity contribution is -0.138. The molecule has 0 aliphatic heterocycles. The van der Waals surface area contributed by atoms with Crippen molar-refractivity contribution < 1.29 is 18.0 Å². The van der Waals surface area contributed by atoms with Gasteiger partial charge in [0.15, 0.2) is 5.15 Å². The number of benzene rings is 1. The molecule has 0 unspecified atom stereocenters. The Kier molecular flexibility index (Phi) is 6.49. The van der Waals surface area contributed by atoms with Crippen LogP contribution in [0.2, 0.25) is 5.15 Å². The van der Waals surface area contributed by atoms with Crippen molar-refractivity contribution in [2.45, 2.75) is 25.6 Å². The summed E-state index contributed by atoms with van der Waals surface area (Å²) in [7, 11) is 1.69. The molecule has 0 radical (unpaired) electrons. The number of carbonyl (C=O) groups excluding carboxylic acids is 1. The van der Waals surface area contributed by atoms with Gasteiger partial charge in [-0.15, -0.1) is 16.4 Å². The Morgan fingerprint density at radius 3 is 2.67 bits per heavy atom. The van der Waals surface area contributed by atoms with Crippen LogP contribution in [0.4, 0.5) is 13.2 Å². The first-order valence-corrected chi connectivity index (χ1v) is 10.1. The highest BCUT2D eigenvalue weighted by Crippen LogP contribution is 2.34. The van der Waals surface area contributed by atoms with Gasteiger partial charge in [0, 0.05) is 30.1 Å². The number of nitrogens with one attached hydrogen (secondary N) is 1. The number of halogens is 4. The van der Waals surface area contributed by atoms with Gasteiger partial charge >= 0.3 is 6.18 Å². The molecule has 0 saturated heterocycles. The molecule has 3 N–H and O–H groups in total.